The van der Waals surface area contributed by atoms with Gasteiger partial charge in [0.05, 0.1) is 38.0 Å². The van der Waals surface area contributed by atoms with Crippen LogP contribution in [0.1, 0.15) is 0 Å². The Bertz CT molecular complexity index is 1110. The third-order valence-corrected chi connectivity index (χ3v) is 4.35. The molecule has 0 atom stereocenters. The fourth-order valence-electron chi connectivity index (χ4n) is 2.68. The highest BCUT2D eigenvalue weighted by atomic mass is 35.5. The fraction of sp³-hybridized carbons (Fsp3) is 0.263. The number of carbonyl (C=O) groups is 1. The number of anilines is 1. The van der Waals surface area contributed by atoms with Crippen LogP contribution in [0.3, 0.4) is 0 Å². The van der Waals surface area contributed by atoms with Gasteiger partial charge in [0, 0.05) is 12.1 Å². The molecule has 11 heteroatoms. The van der Waals surface area contributed by atoms with E-state index in [2.05, 4.69) is 18.5 Å². The number of methoxy groups -OCH3 is 2. The van der Waals surface area contributed by atoms with Gasteiger partial charge in [-0.25, -0.2) is 28.1 Å². The van der Waals surface area contributed by atoms with Gasteiger partial charge in [0.15, 0.2) is 0 Å². The molecule has 1 aromatic heterocycles. The summed E-state index contributed by atoms with van der Waals surface area (Å²) in [6.45, 7) is 6.10. The summed E-state index contributed by atoms with van der Waals surface area (Å²) >= 11 is 6.04. The first-order valence-corrected chi connectivity index (χ1v) is 9.04. The lowest BCUT2D eigenvalue weighted by atomic mass is 10.2. The second kappa shape index (κ2) is 9.79. The van der Waals surface area contributed by atoms with E-state index in [0.29, 0.717) is 4.57 Å². The van der Waals surface area contributed by atoms with Crippen molar-refractivity contribution in [2.75, 3.05) is 19.5 Å². The number of amides is 1. The molecule has 0 aliphatic rings. The highest BCUT2D eigenvalue weighted by molar-refractivity contribution is 6.32. The number of nitrogens with one attached hydrogen (secondary N) is 1. The molecule has 0 unspecified atom stereocenters. The molecule has 2 aromatic rings. The van der Waals surface area contributed by atoms with Crippen LogP contribution in [-0.4, -0.2) is 33.8 Å². The molecule has 1 heterocycles. The highest BCUT2D eigenvalue weighted by Gasteiger charge is 2.18. The second-order valence-electron chi connectivity index (χ2n) is 5.97. The van der Waals surface area contributed by atoms with Crippen molar-refractivity contribution < 1.29 is 14.3 Å². The summed E-state index contributed by atoms with van der Waals surface area (Å²) in [6.07, 6.45) is 2.67. The number of benzene rings is 1. The molecular formula is C19H21ClN4O6. The van der Waals surface area contributed by atoms with E-state index in [0.717, 1.165) is 9.13 Å². The first kappa shape index (κ1) is 22.8. The SMILES string of the molecule is C=CCn1c(=O)n(CC=C)c(=O)n(CC(=O)Nc2cc(OC)c(Cl)cc2OC)c1=O. The molecule has 0 bridgehead atoms. The summed E-state index contributed by atoms with van der Waals surface area (Å²) < 4.78 is 12.6. The molecule has 1 aromatic carbocycles. The van der Waals surface area contributed by atoms with Gasteiger partial charge in [0.1, 0.15) is 18.0 Å². The van der Waals surface area contributed by atoms with Gasteiger partial charge in [-0.2, -0.15) is 0 Å². The Morgan fingerprint density at radius 1 is 0.967 bits per heavy atom. The van der Waals surface area contributed by atoms with Gasteiger partial charge in [-0.3, -0.25) is 4.79 Å². The minimum atomic E-state index is -0.930. The van der Waals surface area contributed by atoms with Crippen molar-refractivity contribution in [1.82, 2.24) is 13.7 Å². The minimum absolute atomic E-state index is 0.126. The second-order valence-corrected chi connectivity index (χ2v) is 6.37. The van der Waals surface area contributed by atoms with E-state index in [4.69, 9.17) is 21.1 Å². The number of nitrogens with zero attached hydrogens (tertiary/aromatic N) is 3. The summed E-state index contributed by atoms with van der Waals surface area (Å²) in [4.78, 5) is 50.2. The zero-order valence-corrected chi connectivity index (χ0v) is 17.3. The quantitative estimate of drug-likeness (QED) is 0.583. The Kier molecular flexibility index (Phi) is 7.43. The minimum Gasteiger partial charge on any atom is -0.495 e. The van der Waals surface area contributed by atoms with Crippen molar-refractivity contribution >= 4 is 23.2 Å². The number of halogens is 1. The number of allylic oxidation sites excluding steroid dienone is 2. The maximum atomic E-state index is 12.6. The number of carbonyl (C=O) groups excluding carboxylic acids is 1. The van der Waals surface area contributed by atoms with Gasteiger partial charge in [-0.1, -0.05) is 23.8 Å². The molecule has 10 nitrogen and oxygen atoms in total. The van der Waals surface area contributed by atoms with Crippen molar-refractivity contribution in [2.45, 2.75) is 19.6 Å². The number of hydrogen-bond donors (Lipinski definition) is 1. The Labute approximate surface area is 176 Å². The summed E-state index contributed by atoms with van der Waals surface area (Å²) in [5.41, 5.74) is -2.45. The van der Waals surface area contributed by atoms with E-state index in [1.807, 2.05) is 0 Å². The van der Waals surface area contributed by atoms with Crippen molar-refractivity contribution in [3.05, 3.63) is 73.9 Å². The molecule has 1 amide bonds. The Morgan fingerprint density at radius 2 is 1.47 bits per heavy atom. The topological polar surface area (TPSA) is 114 Å². The molecule has 160 valence electrons. The monoisotopic (exact) mass is 436 g/mol. The van der Waals surface area contributed by atoms with Crippen LogP contribution in [0.15, 0.2) is 51.8 Å². The third-order valence-electron chi connectivity index (χ3n) is 4.06. The lowest BCUT2D eigenvalue weighted by molar-refractivity contribution is -0.116. The van der Waals surface area contributed by atoms with Crippen molar-refractivity contribution in [2.24, 2.45) is 0 Å². The number of aromatic nitrogens is 3. The van der Waals surface area contributed by atoms with Crippen LogP contribution in [0.25, 0.3) is 0 Å². The van der Waals surface area contributed by atoms with Crippen LogP contribution in [-0.2, 0) is 24.4 Å². The molecule has 30 heavy (non-hydrogen) atoms. The summed E-state index contributed by atoms with van der Waals surface area (Å²) in [5.74, 6) is -0.161. The maximum Gasteiger partial charge on any atom is 0.337 e. The third kappa shape index (κ3) is 4.54. The molecule has 0 aliphatic heterocycles. The number of rotatable bonds is 9. The van der Waals surface area contributed by atoms with Crippen molar-refractivity contribution in [3.63, 3.8) is 0 Å². The normalized spacial score (nSPS) is 10.4. The zero-order valence-electron chi connectivity index (χ0n) is 16.5. The lowest BCUT2D eigenvalue weighted by Crippen LogP contribution is -2.55. The van der Waals surface area contributed by atoms with E-state index >= 15 is 0 Å². The smallest absolute Gasteiger partial charge is 0.337 e. The van der Waals surface area contributed by atoms with Crippen LogP contribution in [0.4, 0.5) is 5.69 Å². The Balaban J connectivity index is 2.48. The first-order chi connectivity index (χ1) is 14.3. The fourth-order valence-corrected chi connectivity index (χ4v) is 2.91. The largest absolute Gasteiger partial charge is 0.495 e. The maximum absolute atomic E-state index is 12.6. The van der Waals surface area contributed by atoms with Crippen LogP contribution in [0.5, 0.6) is 11.5 Å². The van der Waals surface area contributed by atoms with Crippen LogP contribution in [0, 0.1) is 0 Å². The first-order valence-electron chi connectivity index (χ1n) is 8.66. The van der Waals surface area contributed by atoms with E-state index in [-0.39, 0.29) is 35.3 Å². The number of ether oxygens (including phenoxy) is 2. The van der Waals surface area contributed by atoms with Crippen molar-refractivity contribution in [1.29, 1.82) is 0 Å². The van der Waals surface area contributed by atoms with Crippen LogP contribution in [0.2, 0.25) is 5.02 Å². The summed E-state index contributed by atoms with van der Waals surface area (Å²) in [7, 11) is 2.79. The van der Waals surface area contributed by atoms with E-state index in [1.54, 1.807) is 0 Å². The van der Waals surface area contributed by atoms with Crippen LogP contribution < -0.4 is 31.9 Å². The average Bonchev–Trinajstić information content (AvgIpc) is 2.72. The number of hydrogen-bond acceptors (Lipinski definition) is 6. The predicted octanol–water partition coefficient (Wildman–Crippen LogP) is 0.853. The molecule has 1 N–H and O–H groups in total. The molecule has 2 rings (SSSR count). The summed E-state index contributed by atoms with van der Waals surface area (Å²) in [5, 5.41) is 2.82. The standard InChI is InChI=1S/C19H21ClN4O6/c1-5-7-22-17(26)23(8-6-2)19(28)24(18(22)27)11-16(25)21-13-10-14(29-3)12(20)9-15(13)30-4/h5-6,9-10H,1-2,7-8,11H2,3-4H3,(H,21,25). The van der Waals surface area contributed by atoms with Gasteiger partial charge in [-0.05, 0) is 0 Å². The molecule has 0 aliphatic carbocycles. The lowest BCUT2D eigenvalue weighted by Gasteiger charge is -2.14. The van der Waals surface area contributed by atoms with Gasteiger partial charge >= 0.3 is 17.1 Å². The zero-order chi connectivity index (χ0) is 22.4. The van der Waals surface area contributed by atoms with Gasteiger partial charge < -0.3 is 14.8 Å². The van der Waals surface area contributed by atoms with Gasteiger partial charge in [0.25, 0.3) is 0 Å². The molecule has 0 fully saturated rings. The van der Waals surface area contributed by atoms with Crippen LogP contribution >= 0.6 is 11.6 Å². The molecule has 0 radical (unpaired) electrons. The van der Waals surface area contributed by atoms with E-state index in [9.17, 15) is 19.2 Å². The highest BCUT2D eigenvalue weighted by Crippen LogP contribution is 2.35. The Morgan fingerprint density at radius 3 is 1.93 bits per heavy atom. The van der Waals surface area contributed by atoms with Gasteiger partial charge in [-0.15, -0.1) is 13.2 Å². The molecule has 0 saturated carbocycles. The Hall–Kier alpha value is -3.53. The van der Waals surface area contributed by atoms with Crippen molar-refractivity contribution in [3.8, 4) is 11.5 Å². The van der Waals surface area contributed by atoms with E-state index in [1.165, 1.54) is 38.5 Å². The molecular weight excluding hydrogens is 416 g/mol. The average molecular weight is 437 g/mol. The van der Waals surface area contributed by atoms with Gasteiger partial charge in [0.2, 0.25) is 5.91 Å². The predicted molar refractivity (Wildman–Crippen MR) is 113 cm³/mol. The molecule has 0 saturated heterocycles. The summed E-state index contributed by atoms with van der Waals surface area (Å²) in [6, 6.07) is 2.89. The van der Waals surface area contributed by atoms with E-state index < -0.39 is 29.5 Å². The molecule has 0 spiro atoms.